The fourth-order valence-electron chi connectivity index (χ4n) is 5.45. The highest BCUT2D eigenvalue weighted by Crippen LogP contribution is 2.42. The van der Waals surface area contributed by atoms with Gasteiger partial charge in [-0.1, -0.05) is 12.1 Å². The fourth-order valence-corrected chi connectivity index (χ4v) is 7.04. The van der Waals surface area contributed by atoms with Crippen LogP contribution in [0.15, 0.2) is 48.8 Å². The molecule has 0 aliphatic heterocycles. The summed E-state index contributed by atoms with van der Waals surface area (Å²) in [5.41, 5.74) is 8.74. The van der Waals surface area contributed by atoms with Gasteiger partial charge >= 0.3 is 0 Å². The lowest BCUT2D eigenvalue weighted by Gasteiger charge is -2.41. The van der Waals surface area contributed by atoms with Gasteiger partial charge in [0, 0.05) is 41.4 Å². The van der Waals surface area contributed by atoms with E-state index < -0.39 is 33.7 Å². The van der Waals surface area contributed by atoms with E-state index in [0.29, 0.717) is 24.7 Å². The van der Waals surface area contributed by atoms with Crippen LogP contribution in [0, 0.1) is 17.6 Å². The van der Waals surface area contributed by atoms with Crippen LogP contribution in [0.1, 0.15) is 40.4 Å². The molecule has 1 fully saturated rings. The van der Waals surface area contributed by atoms with Gasteiger partial charge in [-0.3, -0.25) is 14.0 Å². The number of aldehydes is 1. The summed E-state index contributed by atoms with van der Waals surface area (Å²) in [4.78, 5) is 19.5. The van der Waals surface area contributed by atoms with E-state index in [-0.39, 0.29) is 47.6 Å². The van der Waals surface area contributed by atoms with E-state index in [1.165, 1.54) is 18.2 Å². The number of nitrogens with two attached hydrogens (primary N) is 1. The van der Waals surface area contributed by atoms with E-state index in [1.54, 1.807) is 18.5 Å². The maximum atomic E-state index is 15.2. The maximum absolute atomic E-state index is 15.2. The molecule has 5 atom stereocenters. The van der Waals surface area contributed by atoms with Crippen LogP contribution in [0.5, 0.6) is 0 Å². The number of pyridine rings is 2. The Kier molecular flexibility index (Phi) is 8.73. The Morgan fingerprint density at radius 1 is 1.19 bits per heavy atom. The van der Waals surface area contributed by atoms with Crippen molar-refractivity contribution in [2.24, 2.45) is 11.7 Å². The zero-order valence-corrected chi connectivity index (χ0v) is 21.3. The van der Waals surface area contributed by atoms with E-state index in [0.717, 1.165) is 17.3 Å². The highest BCUT2D eigenvalue weighted by Gasteiger charge is 2.40. The molecule has 4 N–H and O–H groups in total. The molecular formula is C27H30F2N4O3S. The number of carbonyl (C=O) groups excluding carboxylic acids is 1. The number of anilines is 1. The Balaban J connectivity index is 1.77. The first kappa shape index (κ1) is 27.0. The van der Waals surface area contributed by atoms with Crippen molar-refractivity contribution in [1.82, 2.24) is 9.97 Å². The first-order valence-corrected chi connectivity index (χ1v) is 13.5. The number of nitrogens with one attached hydrogen (secondary N) is 1. The Morgan fingerprint density at radius 2 is 2.00 bits per heavy atom. The van der Waals surface area contributed by atoms with Crippen molar-refractivity contribution >= 4 is 22.8 Å². The van der Waals surface area contributed by atoms with Crippen molar-refractivity contribution in [2.45, 2.75) is 36.5 Å². The van der Waals surface area contributed by atoms with Crippen molar-refractivity contribution < 1.29 is 22.9 Å². The molecule has 4 rings (SSSR count). The van der Waals surface area contributed by atoms with Gasteiger partial charge in [0.15, 0.2) is 6.29 Å². The van der Waals surface area contributed by atoms with Gasteiger partial charge in [-0.15, -0.1) is 0 Å². The normalized spacial score (nSPS) is 22.4. The molecule has 1 aliphatic carbocycles. The summed E-state index contributed by atoms with van der Waals surface area (Å²) >= 11 is 0. The molecule has 3 aromatic rings. The lowest BCUT2D eigenvalue weighted by atomic mass is 9.73. The van der Waals surface area contributed by atoms with Gasteiger partial charge < -0.3 is 16.2 Å². The average Bonchev–Trinajstić information content (AvgIpc) is 2.89. The molecule has 1 saturated carbocycles. The van der Waals surface area contributed by atoms with Gasteiger partial charge in [0.25, 0.3) is 0 Å². The summed E-state index contributed by atoms with van der Waals surface area (Å²) in [7, 11) is 0.396. The summed E-state index contributed by atoms with van der Waals surface area (Å²) in [6, 6.07) is 8.29. The van der Waals surface area contributed by atoms with E-state index >= 15 is 4.39 Å². The molecule has 2 aromatic heterocycles. The van der Waals surface area contributed by atoms with Gasteiger partial charge in [0.1, 0.15) is 23.0 Å². The standard InChI is InChI=1S/C27H30F2N4O3S/c1-31-24-14-32-8-7-20(24)17-12-18(27(23(30)13-17)37(36)10-9-34)11-16-3-2-4-21(28)25(16)26-22(29)6-5-19(15-35)33-26/h2-8,14-15,17-18,23,27,31,34H,9-13,30H2,1H3/t17?,18?,23?,27-,37?/m0/s1. The second-order valence-corrected chi connectivity index (χ2v) is 11.0. The van der Waals surface area contributed by atoms with Crippen LogP contribution < -0.4 is 11.1 Å². The van der Waals surface area contributed by atoms with Gasteiger partial charge in [-0.2, -0.15) is 0 Å². The van der Waals surface area contributed by atoms with Crippen molar-refractivity contribution in [1.29, 1.82) is 0 Å². The van der Waals surface area contributed by atoms with E-state index in [1.807, 2.05) is 13.1 Å². The van der Waals surface area contributed by atoms with E-state index in [2.05, 4.69) is 15.3 Å². The molecule has 0 saturated heterocycles. The minimum Gasteiger partial charge on any atom is -0.395 e. The Bertz CT molecular complexity index is 1290. The summed E-state index contributed by atoms with van der Waals surface area (Å²) < 4.78 is 43.2. The number of benzene rings is 1. The molecule has 4 unspecified atom stereocenters. The molecule has 0 radical (unpaired) electrons. The Labute approximate surface area is 217 Å². The number of aliphatic hydroxyl groups excluding tert-OH is 1. The number of carbonyl (C=O) groups is 1. The van der Waals surface area contributed by atoms with Crippen molar-refractivity contribution in [3.63, 3.8) is 0 Å². The van der Waals surface area contributed by atoms with E-state index in [4.69, 9.17) is 5.73 Å². The smallest absolute Gasteiger partial charge is 0.168 e. The van der Waals surface area contributed by atoms with Crippen LogP contribution in [0.4, 0.5) is 14.5 Å². The first-order chi connectivity index (χ1) is 17.9. The van der Waals surface area contributed by atoms with Crippen LogP contribution >= 0.6 is 0 Å². The first-order valence-electron chi connectivity index (χ1n) is 12.1. The zero-order valence-electron chi connectivity index (χ0n) is 20.4. The zero-order chi connectivity index (χ0) is 26.5. The predicted octanol–water partition coefficient (Wildman–Crippen LogP) is 3.45. The predicted molar refractivity (Wildman–Crippen MR) is 140 cm³/mol. The number of nitrogens with zero attached hydrogens (tertiary/aromatic N) is 2. The monoisotopic (exact) mass is 528 g/mol. The lowest BCUT2D eigenvalue weighted by Crippen LogP contribution is -2.49. The number of hydrogen-bond donors (Lipinski definition) is 3. The van der Waals surface area contributed by atoms with Gasteiger partial charge in [0.05, 0.1) is 23.7 Å². The van der Waals surface area contributed by atoms with Gasteiger partial charge in [-0.25, -0.2) is 13.8 Å². The minimum atomic E-state index is -1.42. The highest BCUT2D eigenvalue weighted by molar-refractivity contribution is 7.85. The van der Waals surface area contributed by atoms with Crippen LogP contribution in [-0.2, 0) is 17.2 Å². The number of aliphatic hydroxyl groups is 1. The molecule has 1 aromatic carbocycles. The molecule has 37 heavy (non-hydrogen) atoms. The number of rotatable bonds is 9. The SMILES string of the molecule is CNc1cnccc1C1CC(N)[C@@H](S(=O)CCO)C(Cc2cccc(F)c2-c2nc(C=O)ccc2F)C1. The summed E-state index contributed by atoms with van der Waals surface area (Å²) in [6.07, 6.45) is 5.40. The molecule has 0 amide bonds. The maximum Gasteiger partial charge on any atom is 0.168 e. The highest BCUT2D eigenvalue weighted by atomic mass is 32.2. The van der Waals surface area contributed by atoms with Gasteiger partial charge in [0.2, 0.25) is 0 Å². The quantitative estimate of drug-likeness (QED) is 0.364. The second-order valence-electron chi connectivity index (χ2n) is 9.24. The second kappa shape index (κ2) is 12.0. The molecule has 10 heteroatoms. The Morgan fingerprint density at radius 3 is 2.73 bits per heavy atom. The fraction of sp³-hybridized carbons (Fsp3) is 0.370. The summed E-state index contributed by atoms with van der Waals surface area (Å²) in [6.45, 7) is -0.237. The minimum absolute atomic E-state index is 0.00966. The van der Waals surface area contributed by atoms with Crippen LogP contribution in [0.25, 0.3) is 11.3 Å². The molecule has 0 spiro atoms. The van der Waals surface area contributed by atoms with Crippen LogP contribution in [0.3, 0.4) is 0 Å². The number of halogens is 2. The van der Waals surface area contributed by atoms with Crippen molar-refractivity contribution in [2.75, 3.05) is 24.7 Å². The largest absolute Gasteiger partial charge is 0.395 e. The average molecular weight is 529 g/mol. The van der Waals surface area contributed by atoms with Crippen LogP contribution in [0.2, 0.25) is 0 Å². The van der Waals surface area contributed by atoms with E-state index in [9.17, 15) is 18.5 Å². The topological polar surface area (TPSA) is 118 Å². The molecule has 2 heterocycles. The Hall–Kier alpha value is -3.08. The number of aromatic nitrogens is 2. The summed E-state index contributed by atoms with van der Waals surface area (Å²) in [5, 5.41) is 12.2. The van der Waals surface area contributed by atoms with Crippen molar-refractivity contribution in [3.8, 4) is 11.3 Å². The van der Waals surface area contributed by atoms with Crippen LogP contribution in [-0.4, -0.2) is 56.3 Å². The molecule has 196 valence electrons. The van der Waals surface area contributed by atoms with Crippen molar-refractivity contribution in [3.05, 3.63) is 77.2 Å². The molecule has 0 bridgehead atoms. The van der Waals surface area contributed by atoms with Gasteiger partial charge in [-0.05, 0) is 66.5 Å². The summed E-state index contributed by atoms with van der Waals surface area (Å²) in [5.74, 6) is -1.55. The number of hydrogen-bond acceptors (Lipinski definition) is 7. The third-order valence-corrected chi connectivity index (χ3v) is 8.92. The molecular weight excluding hydrogens is 498 g/mol. The molecule has 7 nitrogen and oxygen atoms in total. The molecule has 1 aliphatic rings. The lowest BCUT2D eigenvalue weighted by molar-refractivity contribution is 0.111. The third-order valence-electron chi connectivity index (χ3n) is 7.00. The third kappa shape index (κ3) is 5.76.